The van der Waals surface area contributed by atoms with E-state index >= 15 is 0 Å². The highest BCUT2D eigenvalue weighted by atomic mass is 16.5. The van der Waals surface area contributed by atoms with Crippen LogP contribution in [0.15, 0.2) is 0 Å². The third-order valence-corrected chi connectivity index (χ3v) is 4.96. The first kappa shape index (κ1) is 17.6. The Morgan fingerprint density at radius 1 is 1.09 bits per heavy atom. The molecule has 22 heavy (non-hydrogen) atoms. The molecule has 2 aliphatic heterocycles. The van der Waals surface area contributed by atoms with Crippen molar-refractivity contribution in [1.29, 1.82) is 0 Å². The highest BCUT2D eigenvalue weighted by Gasteiger charge is 2.35. The molecule has 4 heteroatoms. The van der Waals surface area contributed by atoms with Gasteiger partial charge in [0.25, 0.3) is 0 Å². The molecule has 2 atom stereocenters. The van der Waals surface area contributed by atoms with Crippen LogP contribution in [0.3, 0.4) is 0 Å². The smallest absolute Gasteiger partial charge is 0.317 e. The van der Waals surface area contributed by atoms with Gasteiger partial charge in [0.2, 0.25) is 0 Å². The van der Waals surface area contributed by atoms with Gasteiger partial charge in [0.15, 0.2) is 0 Å². The summed E-state index contributed by atoms with van der Waals surface area (Å²) in [5.41, 5.74) is 0.135. The molecular weight excluding hydrogens is 276 g/mol. The first-order valence-electron chi connectivity index (χ1n) is 9.13. The van der Waals surface area contributed by atoms with Crippen molar-refractivity contribution in [3.63, 3.8) is 0 Å². The molecule has 4 nitrogen and oxygen atoms in total. The summed E-state index contributed by atoms with van der Waals surface area (Å²) < 4.78 is 6.00. The molecule has 2 amide bonds. The molecule has 0 unspecified atom stereocenters. The van der Waals surface area contributed by atoms with Crippen molar-refractivity contribution in [3.8, 4) is 0 Å². The number of nitrogens with one attached hydrogen (secondary N) is 1. The number of amides is 2. The lowest BCUT2D eigenvalue weighted by molar-refractivity contribution is -0.0839. The largest absolute Gasteiger partial charge is 0.377 e. The van der Waals surface area contributed by atoms with E-state index in [1.165, 1.54) is 19.3 Å². The predicted molar refractivity (Wildman–Crippen MR) is 90.0 cm³/mol. The minimum absolute atomic E-state index is 0.125. The van der Waals surface area contributed by atoms with Gasteiger partial charge in [0, 0.05) is 32.2 Å². The zero-order valence-electron chi connectivity index (χ0n) is 14.7. The molecule has 0 saturated carbocycles. The molecule has 1 N–H and O–H groups in total. The van der Waals surface area contributed by atoms with Crippen molar-refractivity contribution >= 4 is 6.03 Å². The number of urea groups is 1. The minimum Gasteiger partial charge on any atom is -0.377 e. The summed E-state index contributed by atoms with van der Waals surface area (Å²) >= 11 is 0. The Hall–Kier alpha value is -0.770. The van der Waals surface area contributed by atoms with E-state index in [1.807, 2.05) is 4.90 Å². The molecule has 0 bridgehead atoms. The number of hydrogen-bond acceptors (Lipinski definition) is 2. The maximum Gasteiger partial charge on any atom is 0.317 e. The van der Waals surface area contributed by atoms with Gasteiger partial charge in [0.1, 0.15) is 0 Å². The van der Waals surface area contributed by atoms with Gasteiger partial charge in [-0.1, -0.05) is 40.0 Å². The molecule has 0 aliphatic carbocycles. The van der Waals surface area contributed by atoms with Gasteiger partial charge in [0.05, 0.1) is 6.10 Å². The van der Waals surface area contributed by atoms with Crippen LogP contribution < -0.4 is 5.32 Å². The van der Waals surface area contributed by atoms with Crippen LogP contribution >= 0.6 is 0 Å². The summed E-state index contributed by atoms with van der Waals surface area (Å²) in [6.07, 6.45) is 8.63. The fraction of sp³-hybridized carbons (Fsp3) is 0.944. The number of hydrogen-bond donors (Lipinski definition) is 1. The number of rotatable bonds is 2. The fourth-order valence-corrected chi connectivity index (χ4v) is 3.79. The summed E-state index contributed by atoms with van der Waals surface area (Å²) in [6, 6.07) is 0.125. The summed E-state index contributed by atoms with van der Waals surface area (Å²) in [4.78, 5) is 14.4. The van der Waals surface area contributed by atoms with Crippen molar-refractivity contribution in [2.75, 3.05) is 26.2 Å². The van der Waals surface area contributed by atoms with E-state index in [-0.39, 0.29) is 17.6 Å². The lowest BCUT2D eigenvalue weighted by atomic mass is 9.78. The Morgan fingerprint density at radius 2 is 1.73 bits per heavy atom. The SMILES string of the molecule is CC(C)(C)[C@@H]1OCCC[C@H]1CNC(=O)N1CCCCCCC1. The van der Waals surface area contributed by atoms with Gasteiger partial charge in [-0.05, 0) is 31.1 Å². The van der Waals surface area contributed by atoms with Crippen LogP contribution in [0, 0.1) is 11.3 Å². The molecule has 0 spiro atoms. The average molecular weight is 310 g/mol. The summed E-state index contributed by atoms with van der Waals surface area (Å²) in [5.74, 6) is 0.437. The molecule has 0 aromatic carbocycles. The van der Waals surface area contributed by atoms with Crippen molar-refractivity contribution in [2.24, 2.45) is 11.3 Å². The maximum absolute atomic E-state index is 12.4. The van der Waals surface area contributed by atoms with E-state index in [0.29, 0.717) is 5.92 Å². The van der Waals surface area contributed by atoms with Crippen LogP contribution in [0.4, 0.5) is 4.79 Å². The Kier molecular flexibility index (Phi) is 6.54. The first-order valence-corrected chi connectivity index (χ1v) is 9.13. The molecular formula is C18H34N2O2. The highest BCUT2D eigenvalue weighted by Crippen LogP contribution is 2.33. The number of carbonyl (C=O) groups excluding carboxylic acids is 1. The van der Waals surface area contributed by atoms with Crippen LogP contribution in [-0.4, -0.2) is 43.3 Å². The van der Waals surface area contributed by atoms with Crippen LogP contribution in [0.5, 0.6) is 0 Å². The van der Waals surface area contributed by atoms with Gasteiger partial charge in [-0.2, -0.15) is 0 Å². The molecule has 128 valence electrons. The number of ether oxygens (including phenoxy) is 1. The Balaban J connectivity index is 1.83. The summed E-state index contributed by atoms with van der Waals surface area (Å²) in [6.45, 7) is 10.1. The van der Waals surface area contributed by atoms with Crippen molar-refractivity contribution < 1.29 is 9.53 Å². The average Bonchev–Trinajstić information content (AvgIpc) is 2.44. The van der Waals surface area contributed by atoms with Crippen LogP contribution in [-0.2, 0) is 4.74 Å². The second-order valence-corrected chi connectivity index (χ2v) is 8.00. The normalized spacial score (nSPS) is 27.9. The van der Waals surface area contributed by atoms with Crippen LogP contribution in [0.1, 0.15) is 65.7 Å². The molecule has 0 aromatic heterocycles. The van der Waals surface area contributed by atoms with E-state index in [2.05, 4.69) is 26.1 Å². The van der Waals surface area contributed by atoms with Gasteiger partial charge < -0.3 is 15.0 Å². The van der Waals surface area contributed by atoms with Gasteiger partial charge >= 0.3 is 6.03 Å². The molecule has 2 heterocycles. The van der Waals surface area contributed by atoms with Crippen LogP contribution in [0.2, 0.25) is 0 Å². The number of likely N-dealkylation sites (tertiary alicyclic amines) is 1. The van der Waals surface area contributed by atoms with E-state index in [0.717, 1.165) is 51.9 Å². The highest BCUT2D eigenvalue weighted by molar-refractivity contribution is 5.74. The zero-order valence-corrected chi connectivity index (χ0v) is 14.7. The molecule has 2 fully saturated rings. The molecule has 2 aliphatic rings. The van der Waals surface area contributed by atoms with Gasteiger partial charge in [-0.3, -0.25) is 0 Å². The Bertz CT molecular complexity index is 343. The molecule has 0 aromatic rings. The Labute approximate surface area is 136 Å². The topological polar surface area (TPSA) is 41.6 Å². The zero-order chi connectivity index (χ0) is 16.0. The second kappa shape index (κ2) is 8.19. The lowest BCUT2D eigenvalue weighted by Gasteiger charge is -2.40. The van der Waals surface area contributed by atoms with E-state index in [9.17, 15) is 4.79 Å². The van der Waals surface area contributed by atoms with Gasteiger partial charge in [-0.15, -0.1) is 0 Å². The lowest BCUT2D eigenvalue weighted by Crippen LogP contribution is -2.48. The van der Waals surface area contributed by atoms with Crippen molar-refractivity contribution in [1.82, 2.24) is 10.2 Å². The third-order valence-electron chi connectivity index (χ3n) is 4.96. The third kappa shape index (κ3) is 5.15. The molecule has 2 rings (SSSR count). The molecule has 0 radical (unpaired) electrons. The Morgan fingerprint density at radius 3 is 2.36 bits per heavy atom. The number of carbonyl (C=O) groups is 1. The second-order valence-electron chi connectivity index (χ2n) is 8.00. The van der Waals surface area contributed by atoms with Crippen LogP contribution in [0.25, 0.3) is 0 Å². The standard InChI is InChI=1S/C18H34N2O2/c1-18(2,3)16-15(10-9-13-22-16)14-19-17(21)20-11-7-5-4-6-8-12-20/h15-16H,4-14H2,1-3H3,(H,19,21)/t15-,16+/m0/s1. The fourth-order valence-electron chi connectivity index (χ4n) is 3.79. The monoisotopic (exact) mass is 310 g/mol. The van der Waals surface area contributed by atoms with Gasteiger partial charge in [-0.25, -0.2) is 4.79 Å². The first-order chi connectivity index (χ1) is 10.5. The van der Waals surface area contributed by atoms with Crippen molar-refractivity contribution in [2.45, 2.75) is 71.8 Å². The minimum atomic E-state index is 0.125. The predicted octanol–water partition coefficient (Wildman–Crippen LogP) is 3.80. The van der Waals surface area contributed by atoms with Crippen molar-refractivity contribution in [3.05, 3.63) is 0 Å². The summed E-state index contributed by atoms with van der Waals surface area (Å²) in [5, 5.41) is 3.18. The number of nitrogens with zero attached hydrogens (tertiary/aromatic N) is 1. The van der Waals surface area contributed by atoms with E-state index in [4.69, 9.17) is 4.74 Å². The quantitative estimate of drug-likeness (QED) is 0.843. The maximum atomic E-state index is 12.4. The molecule has 2 saturated heterocycles. The summed E-state index contributed by atoms with van der Waals surface area (Å²) in [7, 11) is 0. The van der Waals surface area contributed by atoms with E-state index in [1.54, 1.807) is 0 Å². The van der Waals surface area contributed by atoms with E-state index < -0.39 is 0 Å².